The summed E-state index contributed by atoms with van der Waals surface area (Å²) in [4.78, 5) is 25.3. The number of hydrogen-bond acceptors (Lipinski definition) is 5. The molecule has 0 radical (unpaired) electrons. The lowest BCUT2D eigenvalue weighted by atomic mass is 10.1. The quantitative estimate of drug-likeness (QED) is 0.767. The fourth-order valence-electron chi connectivity index (χ4n) is 2.31. The molecule has 0 spiro atoms. The molecule has 1 saturated heterocycles. The lowest BCUT2D eigenvalue weighted by molar-refractivity contribution is -0.145. The van der Waals surface area contributed by atoms with E-state index < -0.39 is 24.0 Å². The number of phenolic OH excluding ortho intramolecular Hbond substituents is 1. The third kappa shape index (κ3) is 2.60. The number of aryl methyl sites for hydroxylation is 1. The average Bonchev–Trinajstić information content (AvgIpc) is 2.82. The summed E-state index contributed by atoms with van der Waals surface area (Å²) in [5.74, 6) is -0.941. The molecule has 6 nitrogen and oxygen atoms in total. The molecule has 2 rings (SSSR count). The van der Waals surface area contributed by atoms with Crippen LogP contribution in [0.2, 0.25) is 0 Å². The van der Waals surface area contributed by atoms with Crippen molar-refractivity contribution >= 4 is 11.9 Å². The molecule has 1 aromatic rings. The van der Waals surface area contributed by atoms with Gasteiger partial charge in [0.2, 0.25) is 0 Å². The molecule has 0 bridgehead atoms. The lowest BCUT2D eigenvalue weighted by Crippen LogP contribution is -2.41. The highest BCUT2D eigenvalue weighted by molar-refractivity contribution is 5.97. The minimum Gasteiger partial charge on any atom is -0.508 e. The lowest BCUT2D eigenvalue weighted by Gasteiger charge is -2.22. The van der Waals surface area contributed by atoms with Gasteiger partial charge in [-0.2, -0.15) is 0 Å². The number of benzene rings is 1. The molecule has 6 heteroatoms. The first-order valence-electron chi connectivity index (χ1n) is 6.30. The van der Waals surface area contributed by atoms with E-state index in [4.69, 9.17) is 0 Å². The predicted octanol–water partition coefficient (Wildman–Crippen LogP) is 0.449. The zero-order valence-corrected chi connectivity index (χ0v) is 11.4. The number of carbonyl (C=O) groups excluding carboxylic acids is 2. The Morgan fingerprint density at radius 3 is 2.70 bits per heavy atom. The van der Waals surface area contributed by atoms with E-state index in [-0.39, 0.29) is 24.3 Å². The number of nitrogens with zero attached hydrogens (tertiary/aromatic N) is 1. The van der Waals surface area contributed by atoms with Crippen molar-refractivity contribution in [3.8, 4) is 5.75 Å². The SMILES string of the molecule is COC(=O)C1CC(O)CN1C(=O)c1ccc(C)c(O)c1. The number of rotatable bonds is 2. The first-order chi connectivity index (χ1) is 9.43. The Morgan fingerprint density at radius 2 is 2.10 bits per heavy atom. The van der Waals surface area contributed by atoms with Gasteiger partial charge in [-0.05, 0) is 24.6 Å². The number of β-amino-alcohol motifs (C(OH)–C–C–N with tert-alkyl or cyclic N) is 1. The van der Waals surface area contributed by atoms with Gasteiger partial charge in [-0.1, -0.05) is 6.07 Å². The number of phenols is 1. The van der Waals surface area contributed by atoms with Crippen LogP contribution in [0.5, 0.6) is 5.75 Å². The number of ether oxygens (including phenoxy) is 1. The topological polar surface area (TPSA) is 87.1 Å². The van der Waals surface area contributed by atoms with Gasteiger partial charge in [-0.15, -0.1) is 0 Å². The summed E-state index contributed by atoms with van der Waals surface area (Å²) < 4.78 is 4.65. The maximum Gasteiger partial charge on any atom is 0.328 e. The highest BCUT2D eigenvalue weighted by Gasteiger charge is 2.39. The first-order valence-corrected chi connectivity index (χ1v) is 6.30. The number of esters is 1. The van der Waals surface area contributed by atoms with Crippen LogP contribution in [-0.2, 0) is 9.53 Å². The molecule has 2 unspecified atom stereocenters. The maximum absolute atomic E-state index is 12.4. The summed E-state index contributed by atoms with van der Waals surface area (Å²) in [5, 5.41) is 19.3. The van der Waals surface area contributed by atoms with Gasteiger partial charge >= 0.3 is 5.97 Å². The number of hydrogen-bond donors (Lipinski definition) is 2. The molecule has 0 aliphatic carbocycles. The van der Waals surface area contributed by atoms with E-state index in [2.05, 4.69) is 4.74 Å². The Morgan fingerprint density at radius 1 is 1.40 bits per heavy atom. The Labute approximate surface area is 116 Å². The zero-order chi connectivity index (χ0) is 14.9. The first kappa shape index (κ1) is 14.3. The van der Waals surface area contributed by atoms with Crippen molar-refractivity contribution in [2.45, 2.75) is 25.5 Å². The second-order valence-electron chi connectivity index (χ2n) is 4.89. The Hall–Kier alpha value is -2.08. The van der Waals surface area contributed by atoms with Crippen LogP contribution in [-0.4, -0.2) is 52.8 Å². The molecule has 1 aliphatic rings. The molecule has 1 aliphatic heterocycles. The zero-order valence-electron chi connectivity index (χ0n) is 11.4. The van der Waals surface area contributed by atoms with Crippen LogP contribution < -0.4 is 0 Å². The molecular weight excluding hydrogens is 262 g/mol. The van der Waals surface area contributed by atoms with Gasteiger partial charge < -0.3 is 19.8 Å². The third-order valence-corrected chi connectivity index (χ3v) is 3.47. The van der Waals surface area contributed by atoms with Crippen LogP contribution in [0.15, 0.2) is 18.2 Å². The molecule has 108 valence electrons. The second kappa shape index (κ2) is 5.50. The van der Waals surface area contributed by atoms with E-state index in [0.717, 1.165) is 0 Å². The Bertz CT molecular complexity index is 542. The van der Waals surface area contributed by atoms with E-state index in [1.165, 1.54) is 18.1 Å². The molecule has 1 amide bonds. The molecule has 0 saturated carbocycles. The maximum atomic E-state index is 12.4. The number of aliphatic hydroxyl groups is 1. The minimum atomic E-state index is -0.786. The van der Waals surface area contributed by atoms with Crippen molar-refractivity contribution < 1.29 is 24.5 Å². The van der Waals surface area contributed by atoms with Crippen molar-refractivity contribution in [3.63, 3.8) is 0 Å². The number of aromatic hydroxyl groups is 1. The third-order valence-electron chi connectivity index (χ3n) is 3.47. The van der Waals surface area contributed by atoms with Crippen LogP contribution in [0.4, 0.5) is 0 Å². The van der Waals surface area contributed by atoms with E-state index in [1.807, 2.05) is 0 Å². The highest BCUT2D eigenvalue weighted by Crippen LogP contribution is 2.24. The number of amides is 1. The molecule has 0 aromatic heterocycles. The molecule has 1 aromatic carbocycles. The normalized spacial score (nSPS) is 21.9. The van der Waals surface area contributed by atoms with E-state index in [1.54, 1.807) is 19.1 Å². The van der Waals surface area contributed by atoms with E-state index >= 15 is 0 Å². The largest absolute Gasteiger partial charge is 0.508 e. The van der Waals surface area contributed by atoms with Crippen LogP contribution in [0.3, 0.4) is 0 Å². The Kier molecular flexibility index (Phi) is 3.94. The van der Waals surface area contributed by atoms with Crippen LogP contribution >= 0.6 is 0 Å². The van der Waals surface area contributed by atoms with Gasteiger partial charge in [0.25, 0.3) is 5.91 Å². The molecular formula is C14H17NO5. The Balaban J connectivity index is 2.26. The van der Waals surface area contributed by atoms with Gasteiger partial charge in [0.05, 0.1) is 13.2 Å². The molecule has 1 fully saturated rings. The molecule has 1 heterocycles. The van der Waals surface area contributed by atoms with Crippen molar-refractivity contribution in [3.05, 3.63) is 29.3 Å². The molecule has 2 N–H and O–H groups in total. The summed E-state index contributed by atoms with van der Waals surface area (Å²) in [6, 6.07) is 3.78. The molecule has 2 atom stereocenters. The van der Waals surface area contributed by atoms with Gasteiger partial charge in [0, 0.05) is 18.5 Å². The summed E-state index contributed by atoms with van der Waals surface area (Å²) in [6.45, 7) is 1.80. The van der Waals surface area contributed by atoms with Crippen molar-refractivity contribution in [1.82, 2.24) is 4.90 Å². The number of likely N-dealkylation sites (tertiary alicyclic amines) is 1. The van der Waals surface area contributed by atoms with Crippen LogP contribution in [0, 0.1) is 6.92 Å². The van der Waals surface area contributed by atoms with Crippen molar-refractivity contribution in [1.29, 1.82) is 0 Å². The summed E-state index contributed by atoms with van der Waals surface area (Å²) >= 11 is 0. The average molecular weight is 279 g/mol. The molecule has 20 heavy (non-hydrogen) atoms. The van der Waals surface area contributed by atoms with Gasteiger partial charge in [-0.25, -0.2) is 4.79 Å². The standard InChI is InChI=1S/C14H17NO5/c1-8-3-4-9(5-12(8)17)13(18)15-7-10(16)6-11(15)14(19)20-2/h3-5,10-11,16-17H,6-7H2,1-2H3. The number of aliphatic hydroxyl groups excluding tert-OH is 1. The monoisotopic (exact) mass is 279 g/mol. The van der Waals surface area contributed by atoms with Crippen molar-refractivity contribution in [2.24, 2.45) is 0 Å². The van der Waals surface area contributed by atoms with Gasteiger partial charge in [0.1, 0.15) is 11.8 Å². The van der Waals surface area contributed by atoms with E-state index in [0.29, 0.717) is 5.56 Å². The summed E-state index contributed by atoms with van der Waals surface area (Å²) in [6.07, 6.45) is -0.585. The van der Waals surface area contributed by atoms with Crippen molar-refractivity contribution in [2.75, 3.05) is 13.7 Å². The number of methoxy groups -OCH3 is 1. The highest BCUT2D eigenvalue weighted by atomic mass is 16.5. The summed E-state index contributed by atoms with van der Waals surface area (Å²) in [5.41, 5.74) is 0.934. The van der Waals surface area contributed by atoms with Crippen LogP contribution in [0.25, 0.3) is 0 Å². The number of carbonyl (C=O) groups is 2. The second-order valence-corrected chi connectivity index (χ2v) is 4.89. The van der Waals surface area contributed by atoms with Gasteiger partial charge in [0.15, 0.2) is 0 Å². The fourth-order valence-corrected chi connectivity index (χ4v) is 2.31. The van der Waals surface area contributed by atoms with Gasteiger partial charge in [-0.3, -0.25) is 4.79 Å². The van der Waals surface area contributed by atoms with Crippen LogP contribution in [0.1, 0.15) is 22.3 Å². The smallest absolute Gasteiger partial charge is 0.328 e. The minimum absolute atomic E-state index is 0.0187. The summed E-state index contributed by atoms with van der Waals surface area (Å²) in [7, 11) is 1.24. The fraction of sp³-hybridized carbons (Fsp3) is 0.429. The van der Waals surface area contributed by atoms with E-state index in [9.17, 15) is 19.8 Å². The predicted molar refractivity (Wildman–Crippen MR) is 70.3 cm³/mol.